The van der Waals surface area contributed by atoms with Gasteiger partial charge in [0.15, 0.2) is 15.8 Å². The molecule has 0 saturated heterocycles. The summed E-state index contributed by atoms with van der Waals surface area (Å²) in [6.45, 7) is 12.3. The summed E-state index contributed by atoms with van der Waals surface area (Å²) >= 11 is 0. The van der Waals surface area contributed by atoms with E-state index in [-0.39, 0.29) is 59.7 Å². The van der Waals surface area contributed by atoms with E-state index in [0.29, 0.717) is 10.9 Å². The van der Waals surface area contributed by atoms with Gasteiger partial charge < -0.3 is 15.5 Å². The summed E-state index contributed by atoms with van der Waals surface area (Å²) in [4.78, 5) is 18.2. The van der Waals surface area contributed by atoms with Crippen molar-refractivity contribution in [1.82, 2.24) is 15.5 Å². The highest BCUT2D eigenvalue weighted by Crippen LogP contribution is 2.23. The van der Waals surface area contributed by atoms with Gasteiger partial charge in [-0.15, -0.1) is 24.0 Å². The molecule has 0 atom stereocenters. The number of aliphatic imine (C=N–C) groups is 1. The minimum absolute atomic E-state index is 0. The molecule has 1 aromatic rings. The fourth-order valence-electron chi connectivity index (χ4n) is 2.71. The van der Waals surface area contributed by atoms with Crippen molar-refractivity contribution in [3.05, 3.63) is 29.8 Å². The number of hydrogen-bond donors (Lipinski definition) is 2. The second-order valence-electron chi connectivity index (χ2n) is 9.22. The van der Waals surface area contributed by atoms with Crippen LogP contribution in [0.2, 0.25) is 0 Å². The SMILES string of the molecule is CN=C(NCCS(=O)(=O)c1ccc(C(C)(C)C)cc1)N(C)CC(=O)NC(C)(C)C.I. The maximum atomic E-state index is 12.6. The van der Waals surface area contributed by atoms with Gasteiger partial charge in [0, 0.05) is 26.2 Å². The first-order valence-corrected chi connectivity index (χ1v) is 11.4. The minimum atomic E-state index is -3.41. The highest BCUT2D eigenvalue weighted by molar-refractivity contribution is 14.0. The summed E-state index contributed by atoms with van der Waals surface area (Å²) in [5.41, 5.74) is 0.747. The third kappa shape index (κ3) is 9.63. The van der Waals surface area contributed by atoms with Crippen molar-refractivity contribution in [1.29, 1.82) is 0 Å². The van der Waals surface area contributed by atoms with Crippen LogP contribution in [0.3, 0.4) is 0 Å². The molecule has 0 aromatic heterocycles. The predicted octanol–water partition coefficient (Wildman–Crippen LogP) is 2.80. The van der Waals surface area contributed by atoms with Gasteiger partial charge in [-0.25, -0.2) is 8.42 Å². The van der Waals surface area contributed by atoms with Gasteiger partial charge in [0.05, 0.1) is 17.2 Å². The zero-order valence-corrected chi connectivity index (χ0v) is 22.5. The second-order valence-corrected chi connectivity index (χ2v) is 11.3. The van der Waals surface area contributed by atoms with Crippen molar-refractivity contribution in [3.63, 3.8) is 0 Å². The molecule has 0 aliphatic rings. The molecule has 30 heavy (non-hydrogen) atoms. The van der Waals surface area contributed by atoms with Crippen LogP contribution < -0.4 is 10.6 Å². The number of rotatable bonds is 6. The van der Waals surface area contributed by atoms with E-state index < -0.39 is 9.84 Å². The van der Waals surface area contributed by atoms with E-state index in [2.05, 4.69) is 36.4 Å². The lowest BCUT2D eigenvalue weighted by atomic mass is 9.87. The van der Waals surface area contributed by atoms with Gasteiger partial charge >= 0.3 is 0 Å². The standard InChI is InChI=1S/C21H36N4O3S.HI/c1-20(2,3)16-9-11-17(12-10-16)29(27,28)14-13-23-19(22-7)25(8)15-18(26)24-21(4,5)6;/h9-12H,13-15H2,1-8H3,(H,22,23)(H,24,26);1H. The van der Waals surface area contributed by atoms with Gasteiger partial charge in [0.2, 0.25) is 5.91 Å². The van der Waals surface area contributed by atoms with E-state index in [0.717, 1.165) is 5.56 Å². The van der Waals surface area contributed by atoms with Crippen LogP contribution in [0.5, 0.6) is 0 Å². The quantitative estimate of drug-likeness (QED) is 0.322. The second kappa shape index (κ2) is 11.3. The average molecular weight is 553 g/mol. The van der Waals surface area contributed by atoms with Crippen molar-refractivity contribution >= 4 is 45.7 Å². The van der Waals surface area contributed by atoms with Gasteiger partial charge in [0.1, 0.15) is 0 Å². The Labute approximate surface area is 199 Å². The molecule has 0 bridgehead atoms. The highest BCUT2D eigenvalue weighted by atomic mass is 127. The number of likely N-dealkylation sites (N-methyl/N-ethyl adjacent to an activating group) is 1. The predicted molar refractivity (Wildman–Crippen MR) is 134 cm³/mol. The number of nitrogens with one attached hydrogen (secondary N) is 2. The smallest absolute Gasteiger partial charge is 0.240 e. The number of amides is 1. The molecular formula is C21H37IN4O3S. The van der Waals surface area contributed by atoms with E-state index >= 15 is 0 Å². The summed E-state index contributed by atoms with van der Waals surface area (Å²) in [6, 6.07) is 7.04. The fourth-order valence-corrected chi connectivity index (χ4v) is 3.87. The lowest BCUT2D eigenvalue weighted by Crippen LogP contribution is -2.49. The summed E-state index contributed by atoms with van der Waals surface area (Å²) in [7, 11) is -0.0836. The number of carbonyl (C=O) groups is 1. The van der Waals surface area contributed by atoms with Crippen molar-refractivity contribution in [2.24, 2.45) is 4.99 Å². The Hall–Kier alpha value is -1.36. The van der Waals surface area contributed by atoms with Crippen LogP contribution >= 0.6 is 24.0 Å². The van der Waals surface area contributed by atoms with E-state index in [1.165, 1.54) is 0 Å². The fraction of sp³-hybridized carbons (Fsp3) is 0.619. The Morgan fingerprint density at radius 1 is 1.07 bits per heavy atom. The lowest BCUT2D eigenvalue weighted by molar-refractivity contribution is -0.122. The molecule has 2 N–H and O–H groups in total. The van der Waals surface area contributed by atoms with Gasteiger partial charge in [-0.2, -0.15) is 0 Å². The summed E-state index contributed by atoms with van der Waals surface area (Å²) in [5.74, 6) is 0.268. The van der Waals surface area contributed by atoms with Gasteiger partial charge in [-0.05, 0) is 43.9 Å². The molecule has 0 saturated carbocycles. The number of benzene rings is 1. The Morgan fingerprint density at radius 2 is 1.60 bits per heavy atom. The zero-order chi connectivity index (χ0) is 22.5. The van der Waals surface area contributed by atoms with E-state index in [9.17, 15) is 13.2 Å². The van der Waals surface area contributed by atoms with E-state index in [1.54, 1.807) is 31.1 Å². The van der Waals surface area contributed by atoms with Gasteiger partial charge in [-0.1, -0.05) is 32.9 Å². The molecule has 0 aliphatic carbocycles. The van der Waals surface area contributed by atoms with Crippen LogP contribution in [0.25, 0.3) is 0 Å². The van der Waals surface area contributed by atoms with E-state index in [4.69, 9.17) is 0 Å². The number of halogens is 1. The van der Waals surface area contributed by atoms with Crippen LogP contribution in [0, 0.1) is 0 Å². The first-order chi connectivity index (χ1) is 13.2. The Morgan fingerprint density at radius 3 is 2.03 bits per heavy atom. The zero-order valence-electron chi connectivity index (χ0n) is 19.4. The van der Waals surface area contributed by atoms with Crippen LogP contribution in [-0.2, 0) is 20.0 Å². The summed E-state index contributed by atoms with van der Waals surface area (Å²) in [5, 5.41) is 5.90. The lowest BCUT2D eigenvalue weighted by Gasteiger charge is -2.25. The first-order valence-electron chi connectivity index (χ1n) is 9.72. The molecule has 172 valence electrons. The number of sulfone groups is 1. The molecule has 1 amide bonds. The normalized spacial score (nSPS) is 12.7. The molecule has 0 spiro atoms. The largest absolute Gasteiger partial charge is 0.355 e. The molecule has 1 rings (SSSR count). The summed E-state index contributed by atoms with van der Waals surface area (Å²) in [6.07, 6.45) is 0. The van der Waals surface area contributed by atoms with Crippen molar-refractivity contribution in [3.8, 4) is 0 Å². The molecule has 0 heterocycles. The molecule has 1 aromatic carbocycles. The molecule has 7 nitrogen and oxygen atoms in total. The van der Waals surface area contributed by atoms with Crippen molar-refractivity contribution in [2.45, 2.75) is 57.4 Å². The monoisotopic (exact) mass is 552 g/mol. The number of hydrogen-bond acceptors (Lipinski definition) is 4. The van der Waals surface area contributed by atoms with Crippen LogP contribution in [0.15, 0.2) is 34.2 Å². The van der Waals surface area contributed by atoms with Crippen molar-refractivity contribution in [2.75, 3.05) is 32.9 Å². The van der Waals surface area contributed by atoms with Crippen LogP contribution in [-0.4, -0.2) is 63.7 Å². The maximum Gasteiger partial charge on any atom is 0.240 e. The third-order valence-corrected chi connectivity index (χ3v) is 5.93. The first kappa shape index (κ1) is 28.6. The molecule has 0 fully saturated rings. The Kier molecular flexibility index (Phi) is 10.8. The highest BCUT2D eigenvalue weighted by Gasteiger charge is 2.19. The number of carbonyl (C=O) groups excluding carboxylic acids is 1. The van der Waals surface area contributed by atoms with Crippen molar-refractivity contribution < 1.29 is 13.2 Å². The number of nitrogens with zero attached hydrogens (tertiary/aromatic N) is 2. The maximum absolute atomic E-state index is 12.6. The molecule has 0 radical (unpaired) electrons. The third-order valence-electron chi connectivity index (χ3n) is 4.20. The molecule has 0 aliphatic heterocycles. The molecule has 0 unspecified atom stereocenters. The average Bonchev–Trinajstić information content (AvgIpc) is 2.56. The minimum Gasteiger partial charge on any atom is -0.355 e. The van der Waals surface area contributed by atoms with Gasteiger partial charge in [-0.3, -0.25) is 9.79 Å². The summed E-state index contributed by atoms with van der Waals surface area (Å²) < 4.78 is 25.2. The molecular weight excluding hydrogens is 515 g/mol. The van der Waals surface area contributed by atoms with Gasteiger partial charge in [0.25, 0.3) is 0 Å². The topological polar surface area (TPSA) is 90.9 Å². The van der Waals surface area contributed by atoms with E-state index in [1.807, 2.05) is 32.9 Å². The van der Waals surface area contributed by atoms with Crippen LogP contribution in [0.1, 0.15) is 47.1 Å². The molecule has 9 heteroatoms. The van der Waals surface area contributed by atoms with Crippen LogP contribution in [0.4, 0.5) is 0 Å². The Bertz CT molecular complexity index is 823. The number of guanidine groups is 1. The Balaban J connectivity index is 0.00000841.